The maximum Gasteiger partial charge on any atom is 0.290 e. The van der Waals surface area contributed by atoms with Gasteiger partial charge in [0.2, 0.25) is 0 Å². The summed E-state index contributed by atoms with van der Waals surface area (Å²) in [7, 11) is 0. The van der Waals surface area contributed by atoms with E-state index in [2.05, 4.69) is 0 Å². The second kappa shape index (κ2) is 9.67. The molecule has 0 aromatic heterocycles. The Kier molecular flexibility index (Phi) is 6.52. The Balaban J connectivity index is 1.66. The first-order chi connectivity index (χ1) is 15.5. The summed E-state index contributed by atoms with van der Waals surface area (Å²) in [4.78, 5) is 27.7. The van der Waals surface area contributed by atoms with Crippen LogP contribution in [-0.4, -0.2) is 28.2 Å². The highest BCUT2D eigenvalue weighted by Gasteiger charge is 2.42. The van der Waals surface area contributed by atoms with Crippen molar-refractivity contribution in [2.45, 2.75) is 12.5 Å². The number of allylic oxidation sites excluding steroid dienone is 1. The van der Waals surface area contributed by atoms with E-state index in [9.17, 15) is 14.7 Å². The van der Waals surface area contributed by atoms with Crippen LogP contribution in [0.1, 0.15) is 22.7 Å². The molecular formula is C27H22ClNO3. The summed E-state index contributed by atoms with van der Waals surface area (Å²) in [5, 5.41) is 11.2. The highest BCUT2D eigenvalue weighted by Crippen LogP contribution is 2.38. The fourth-order valence-corrected chi connectivity index (χ4v) is 3.97. The lowest BCUT2D eigenvalue weighted by atomic mass is 9.95. The molecule has 0 spiro atoms. The van der Waals surface area contributed by atoms with E-state index < -0.39 is 23.5 Å². The molecule has 1 aliphatic rings. The van der Waals surface area contributed by atoms with Crippen LogP contribution in [0.15, 0.2) is 102 Å². The zero-order valence-corrected chi connectivity index (χ0v) is 18.1. The number of ketones is 1. The zero-order chi connectivity index (χ0) is 22.5. The third-order valence-electron chi connectivity index (χ3n) is 5.47. The quantitative estimate of drug-likeness (QED) is 0.486. The van der Waals surface area contributed by atoms with Crippen molar-refractivity contribution in [1.82, 2.24) is 4.90 Å². The first-order valence-electron chi connectivity index (χ1n) is 10.4. The molecule has 4 rings (SSSR count). The van der Waals surface area contributed by atoms with E-state index in [1.54, 1.807) is 35.2 Å². The molecule has 1 heterocycles. The molecule has 4 nitrogen and oxygen atoms in total. The molecule has 0 radical (unpaired) electrons. The number of rotatable bonds is 7. The van der Waals surface area contributed by atoms with Crippen molar-refractivity contribution in [3.63, 3.8) is 0 Å². The third-order valence-corrected chi connectivity index (χ3v) is 5.72. The number of carbonyl (C=O) groups is 2. The van der Waals surface area contributed by atoms with Crippen LogP contribution in [0.25, 0.3) is 6.08 Å². The van der Waals surface area contributed by atoms with E-state index in [-0.39, 0.29) is 5.57 Å². The Morgan fingerprint density at radius 2 is 1.56 bits per heavy atom. The van der Waals surface area contributed by atoms with Gasteiger partial charge in [0.05, 0.1) is 11.6 Å². The Labute approximate surface area is 192 Å². The second-order valence-corrected chi connectivity index (χ2v) is 8.00. The topological polar surface area (TPSA) is 57.6 Å². The van der Waals surface area contributed by atoms with Gasteiger partial charge in [-0.1, -0.05) is 90.5 Å². The summed E-state index contributed by atoms with van der Waals surface area (Å²) in [6.45, 7) is 0.360. The Bertz CT molecular complexity index is 1170. The molecule has 0 aliphatic carbocycles. The Morgan fingerprint density at radius 3 is 2.22 bits per heavy atom. The summed E-state index contributed by atoms with van der Waals surface area (Å²) >= 11 is 6.05. The van der Waals surface area contributed by atoms with Crippen LogP contribution in [0.5, 0.6) is 0 Å². The average molecular weight is 444 g/mol. The van der Waals surface area contributed by atoms with Crippen molar-refractivity contribution in [2.75, 3.05) is 6.54 Å². The van der Waals surface area contributed by atoms with Gasteiger partial charge in [-0.15, -0.1) is 0 Å². The molecule has 1 aliphatic heterocycles. The third kappa shape index (κ3) is 4.66. The first-order valence-corrected chi connectivity index (χ1v) is 10.7. The second-order valence-electron chi connectivity index (χ2n) is 7.56. The molecule has 32 heavy (non-hydrogen) atoms. The van der Waals surface area contributed by atoms with Crippen LogP contribution < -0.4 is 0 Å². The van der Waals surface area contributed by atoms with Gasteiger partial charge in [0.15, 0.2) is 11.5 Å². The summed E-state index contributed by atoms with van der Waals surface area (Å²) in [5.41, 5.74) is 2.72. The van der Waals surface area contributed by atoms with Crippen LogP contribution in [-0.2, 0) is 16.0 Å². The molecule has 0 saturated heterocycles. The number of nitrogens with zero attached hydrogens (tertiary/aromatic N) is 1. The predicted octanol–water partition coefficient (Wildman–Crippen LogP) is 5.56. The molecule has 0 bridgehead atoms. The molecule has 1 amide bonds. The number of aliphatic hydroxyl groups is 1. The van der Waals surface area contributed by atoms with E-state index in [4.69, 9.17) is 11.6 Å². The van der Waals surface area contributed by atoms with Gasteiger partial charge in [-0.3, -0.25) is 9.59 Å². The van der Waals surface area contributed by atoms with Crippen LogP contribution in [0.3, 0.4) is 0 Å². The van der Waals surface area contributed by atoms with E-state index >= 15 is 0 Å². The lowest BCUT2D eigenvalue weighted by Crippen LogP contribution is -2.33. The molecule has 160 valence electrons. The van der Waals surface area contributed by atoms with Crippen LogP contribution in [0, 0.1) is 0 Å². The fourth-order valence-electron chi connectivity index (χ4n) is 3.85. The Hall–Kier alpha value is -3.63. The van der Waals surface area contributed by atoms with E-state index in [0.29, 0.717) is 18.0 Å². The van der Waals surface area contributed by atoms with Crippen molar-refractivity contribution in [2.24, 2.45) is 0 Å². The first kappa shape index (κ1) is 21.6. The van der Waals surface area contributed by atoms with Gasteiger partial charge in [0.1, 0.15) is 0 Å². The molecule has 1 N–H and O–H groups in total. The van der Waals surface area contributed by atoms with Gasteiger partial charge in [-0.05, 0) is 41.3 Å². The zero-order valence-electron chi connectivity index (χ0n) is 17.3. The van der Waals surface area contributed by atoms with E-state index in [0.717, 1.165) is 16.7 Å². The summed E-state index contributed by atoms with van der Waals surface area (Å²) in [5.74, 6) is -1.44. The van der Waals surface area contributed by atoms with Crippen LogP contribution in [0.4, 0.5) is 0 Å². The average Bonchev–Trinajstić information content (AvgIpc) is 3.08. The highest BCUT2D eigenvalue weighted by molar-refractivity contribution is 6.30. The molecule has 5 heteroatoms. The minimum absolute atomic E-state index is 0.0811. The molecule has 0 saturated carbocycles. The van der Waals surface area contributed by atoms with Gasteiger partial charge in [-0.2, -0.15) is 0 Å². The number of benzene rings is 3. The molecule has 1 unspecified atom stereocenters. The monoisotopic (exact) mass is 443 g/mol. The predicted molar refractivity (Wildman–Crippen MR) is 126 cm³/mol. The summed E-state index contributed by atoms with van der Waals surface area (Å²) in [6.07, 6.45) is 3.68. The maximum absolute atomic E-state index is 13.1. The van der Waals surface area contributed by atoms with Gasteiger partial charge in [-0.25, -0.2) is 0 Å². The van der Waals surface area contributed by atoms with E-state index in [1.165, 1.54) is 6.08 Å². The van der Waals surface area contributed by atoms with Gasteiger partial charge >= 0.3 is 0 Å². The van der Waals surface area contributed by atoms with Crippen LogP contribution >= 0.6 is 11.6 Å². The summed E-state index contributed by atoms with van der Waals surface area (Å²) in [6, 6.07) is 25.5. The van der Waals surface area contributed by atoms with Crippen molar-refractivity contribution < 1.29 is 14.7 Å². The number of hydrogen-bond acceptors (Lipinski definition) is 3. The SMILES string of the molecule is O=C(/C=C/c1ccccc1)C1=C(O)C(=O)N(CCc2ccccc2)C1c1ccc(Cl)cc1. The maximum atomic E-state index is 13.1. The molecule has 1 atom stereocenters. The van der Waals surface area contributed by atoms with Crippen molar-refractivity contribution >= 4 is 29.4 Å². The minimum atomic E-state index is -0.684. The molecule has 3 aromatic rings. The molecule has 0 fully saturated rings. The van der Waals surface area contributed by atoms with Crippen molar-refractivity contribution in [3.8, 4) is 0 Å². The van der Waals surface area contributed by atoms with Gasteiger partial charge in [0, 0.05) is 11.6 Å². The number of carbonyl (C=O) groups excluding carboxylic acids is 2. The standard InChI is InChI=1S/C27H22ClNO3/c28-22-14-12-21(13-15-22)25-24(23(30)16-11-19-7-3-1-4-8-19)26(31)27(32)29(25)18-17-20-9-5-2-6-10-20/h1-16,25,31H,17-18H2/b16-11+. The van der Waals surface area contributed by atoms with Crippen LogP contribution in [0.2, 0.25) is 5.02 Å². The van der Waals surface area contributed by atoms with Crippen molar-refractivity contribution in [1.29, 1.82) is 0 Å². The number of amides is 1. The lowest BCUT2D eigenvalue weighted by Gasteiger charge is -2.26. The Morgan fingerprint density at radius 1 is 0.938 bits per heavy atom. The minimum Gasteiger partial charge on any atom is -0.503 e. The number of hydrogen-bond donors (Lipinski definition) is 1. The highest BCUT2D eigenvalue weighted by atomic mass is 35.5. The molecule has 3 aromatic carbocycles. The number of halogens is 1. The molecular weight excluding hydrogens is 422 g/mol. The smallest absolute Gasteiger partial charge is 0.290 e. The van der Waals surface area contributed by atoms with Crippen molar-refractivity contribution in [3.05, 3.63) is 124 Å². The normalized spacial score (nSPS) is 16.2. The van der Waals surface area contributed by atoms with E-state index in [1.807, 2.05) is 60.7 Å². The van der Waals surface area contributed by atoms with Gasteiger partial charge in [0.25, 0.3) is 5.91 Å². The summed E-state index contributed by atoms with van der Waals surface area (Å²) < 4.78 is 0. The fraction of sp³-hybridized carbons (Fsp3) is 0.111. The van der Waals surface area contributed by atoms with Gasteiger partial charge < -0.3 is 10.0 Å². The largest absolute Gasteiger partial charge is 0.503 e. The lowest BCUT2D eigenvalue weighted by molar-refractivity contribution is -0.129. The number of aliphatic hydroxyl groups excluding tert-OH is 1.